The van der Waals surface area contributed by atoms with Crippen LogP contribution in [0, 0.1) is 21.7 Å². The Morgan fingerprint density at radius 3 is 0.879 bits per heavy atom. The molecular weight excluding hydrogens is 744 g/mol. The molecule has 0 heterocycles. The predicted octanol–water partition coefficient (Wildman–Crippen LogP) is 9.29. The van der Waals surface area contributed by atoms with Crippen LogP contribution in [-0.2, 0) is 44.9 Å². The number of hydrogen-bond donors (Lipinski definition) is 8. The van der Waals surface area contributed by atoms with Crippen molar-refractivity contribution in [2.24, 2.45) is 21.7 Å². The highest BCUT2D eigenvalue weighted by Crippen LogP contribution is 2.52. The fourth-order valence-electron chi connectivity index (χ4n) is 8.49. The lowest BCUT2D eigenvalue weighted by molar-refractivity contribution is -0.144. The molecule has 0 bridgehead atoms. The summed E-state index contributed by atoms with van der Waals surface area (Å²) >= 11 is 0. The number of phenolic OH excluding ortho intramolecular Hbond substituents is 4. The number of rotatable bonds is 26. The smallest absolute Gasteiger partial charge is 0.309 e. The zero-order valence-electron chi connectivity index (χ0n) is 33.9. The van der Waals surface area contributed by atoms with Gasteiger partial charge in [0.25, 0.3) is 0 Å². The third-order valence-electron chi connectivity index (χ3n) is 13.7. The quantitative estimate of drug-likeness (QED) is 0.0253. The third kappa shape index (κ3) is 11.6. The number of phenols is 4. The van der Waals surface area contributed by atoms with Gasteiger partial charge in [-0.15, -0.1) is 0 Å². The summed E-state index contributed by atoms with van der Waals surface area (Å²) in [6.07, 6.45) is 20.0. The van der Waals surface area contributed by atoms with Gasteiger partial charge in [-0.3, -0.25) is 19.2 Å². The number of unbranched alkanes of at least 4 members (excludes halogenated alkanes) is 6. The third-order valence-corrected chi connectivity index (χ3v) is 13.7. The van der Waals surface area contributed by atoms with Gasteiger partial charge in [-0.25, -0.2) is 0 Å². The van der Waals surface area contributed by atoms with Crippen molar-refractivity contribution in [3.63, 3.8) is 0 Å². The van der Waals surface area contributed by atoms with Crippen LogP contribution in [0.15, 0.2) is 24.3 Å². The van der Waals surface area contributed by atoms with E-state index in [1.165, 1.54) is 0 Å². The molecule has 0 atom stereocenters. The second kappa shape index (κ2) is 19.1. The fourth-order valence-corrected chi connectivity index (χ4v) is 8.49. The van der Waals surface area contributed by atoms with Crippen LogP contribution < -0.4 is 0 Å². The van der Waals surface area contributed by atoms with Crippen LogP contribution in [0.4, 0.5) is 0 Å². The zero-order chi connectivity index (χ0) is 42.1. The molecule has 4 fully saturated rings. The molecule has 0 spiro atoms. The summed E-state index contributed by atoms with van der Waals surface area (Å²) in [7, 11) is 0. The molecule has 6 rings (SSSR count). The van der Waals surface area contributed by atoms with Crippen molar-refractivity contribution in [2.75, 3.05) is 0 Å². The molecule has 0 aliphatic heterocycles. The van der Waals surface area contributed by atoms with E-state index in [2.05, 4.69) is 0 Å². The first kappa shape index (κ1) is 44.6. The highest BCUT2D eigenvalue weighted by molar-refractivity contribution is 5.79. The van der Waals surface area contributed by atoms with Gasteiger partial charge in [-0.2, -0.15) is 0 Å². The molecule has 58 heavy (non-hydrogen) atoms. The summed E-state index contributed by atoms with van der Waals surface area (Å²) in [4.78, 5) is 44.7. The average molecular weight is 809 g/mol. The Morgan fingerprint density at radius 1 is 0.379 bits per heavy atom. The van der Waals surface area contributed by atoms with Gasteiger partial charge in [0.2, 0.25) is 0 Å². The molecule has 12 nitrogen and oxygen atoms in total. The Morgan fingerprint density at radius 2 is 0.621 bits per heavy atom. The molecule has 2 aromatic rings. The first-order valence-electron chi connectivity index (χ1n) is 21.6. The Labute approximate surface area is 341 Å². The molecule has 0 aromatic heterocycles. The Balaban J connectivity index is 0.000000221. The van der Waals surface area contributed by atoms with Crippen molar-refractivity contribution in [1.82, 2.24) is 0 Å². The molecule has 2 aromatic carbocycles. The van der Waals surface area contributed by atoms with E-state index in [1.54, 1.807) is 12.1 Å². The molecule has 0 radical (unpaired) electrons. The van der Waals surface area contributed by atoms with Gasteiger partial charge < -0.3 is 40.9 Å². The van der Waals surface area contributed by atoms with Crippen molar-refractivity contribution in [3.05, 3.63) is 46.5 Å². The monoisotopic (exact) mass is 808 g/mol. The normalized spacial score (nSPS) is 18.3. The van der Waals surface area contributed by atoms with Crippen LogP contribution in [0.5, 0.6) is 23.0 Å². The number of aryl methyl sites for hydroxylation is 4. The number of aliphatic carboxylic acids is 4. The van der Waals surface area contributed by atoms with Crippen molar-refractivity contribution < 1.29 is 60.0 Å². The zero-order valence-corrected chi connectivity index (χ0v) is 33.9. The number of benzene rings is 2. The summed E-state index contributed by atoms with van der Waals surface area (Å²) in [6, 6.07) is 6.95. The number of aromatic hydroxyl groups is 4. The van der Waals surface area contributed by atoms with E-state index in [4.69, 9.17) is 0 Å². The molecule has 12 heteroatoms. The molecule has 320 valence electrons. The number of hydrogen-bond acceptors (Lipinski definition) is 8. The maximum absolute atomic E-state index is 11.2. The maximum atomic E-state index is 11.2. The number of carbonyl (C=O) groups is 4. The molecule has 4 aliphatic rings. The summed E-state index contributed by atoms with van der Waals surface area (Å²) < 4.78 is 0. The highest BCUT2D eigenvalue weighted by Gasteiger charge is 2.51. The Kier molecular flexibility index (Phi) is 14.7. The minimum absolute atomic E-state index is 0.0594. The second-order valence-electron chi connectivity index (χ2n) is 18.1. The summed E-state index contributed by atoms with van der Waals surface area (Å²) in [6.45, 7) is 0. The lowest BCUT2D eigenvalue weighted by atomic mass is 9.95. The van der Waals surface area contributed by atoms with E-state index in [-0.39, 0.29) is 23.0 Å². The van der Waals surface area contributed by atoms with Crippen LogP contribution in [0.25, 0.3) is 0 Å². The van der Waals surface area contributed by atoms with E-state index < -0.39 is 45.5 Å². The standard InChI is InChI=1S/2C23H32O6/c24-18-16(6-2-1-4-10-22(12-13-22)20(26)27)8-9-17(19(18)25)7-3-5-11-23(14-15-23)21(28)29;24-18-15-17(7-3-5-9-23(12-13-23)21(28)29)19(25)14-16(18)6-2-1-4-8-22(10-11-22)20(26)27/h8-9,24-25H,1-7,10-15H2,(H,26,27)(H,28,29);14-15,24-25H,1-13H2,(H,26,27)(H,28,29). The average Bonchev–Trinajstić information content (AvgIpc) is 3.98. The summed E-state index contributed by atoms with van der Waals surface area (Å²) in [5.41, 5.74) is 0.890. The molecule has 4 aliphatic carbocycles. The van der Waals surface area contributed by atoms with Crippen LogP contribution in [0.1, 0.15) is 164 Å². The lowest BCUT2D eigenvalue weighted by Gasteiger charge is -2.12. The molecule has 4 saturated carbocycles. The fraction of sp³-hybridized carbons (Fsp3) is 0.652. The van der Waals surface area contributed by atoms with Crippen molar-refractivity contribution in [3.8, 4) is 23.0 Å². The van der Waals surface area contributed by atoms with E-state index in [1.807, 2.05) is 12.1 Å². The molecule has 0 saturated heterocycles. The SMILES string of the molecule is O=C(O)C1(CCCCCc2cc(O)c(CCCCC3(C(=O)O)CC3)cc2O)CC1.O=C(O)C1(CCCCCc2ccc(CCCCC3(C(=O)O)CC3)c(O)c2O)CC1. The minimum atomic E-state index is -0.697. The highest BCUT2D eigenvalue weighted by atomic mass is 16.4. The van der Waals surface area contributed by atoms with Crippen LogP contribution in [-0.4, -0.2) is 64.7 Å². The van der Waals surface area contributed by atoms with Crippen molar-refractivity contribution in [2.45, 2.75) is 167 Å². The summed E-state index contributed by atoms with van der Waals surface area (Å²) in [5.74, 6) is -2.50. The van der Waals surface area contributed by atoms with Crippen LogP contribution >= 0.6 is 0 Å². The Bertz CT molecular complexity index is 1710. The second-order valence-corrected chi connectivity index (χ2v) is 18.1. The van der Waals surface area contributed by atoms with Crippen molar-refractivity contribution >= 4 is 23.9 Å². The van der Waals surface area contributed by atoms with Crippen LogP contribution in [0.2, 0.25) is 0 Å². The predicted molar refractivity (Wildman–Crippen MR) is 216 cm³/mol. The molecule has 0 amide bonds. The molecule has 8 N–H and O–H groups in total. The van der Waals surface area contributed by atoms with Gasteiger partial charge in [0.15, 0.2) is 11.5 Å². The van der Waals surface area contributed by atoms with Gasteiger partial charge in [0.05, 0.1) is 21.7 Å². The largest absolute Gasteiger partial charge is 0.508 e. The molecule has 0 unspecified atom stereocenters. The van der Waals surface area contributed by atoms with E-state index in [0.29, 0.717) is 60.8 Å². The molecular formula is C46H64O12. The van der Waals surface area contributed by atoms with Crippen molar-refractivity contribution in [1.29, 1.82) is 0 Å². The lowest BCUT2D eigenvalue weighted by Crippen LogP contribution is -2.14. The topological polar surface area (TPSA) is 230 Å². The first-order chi connectivity index (χ1) is 27.6. The van der Waals surface area contributed by atoms with Crippen LogP contribution in [0.3, 0.4) is 0 Å². The van der Waals surface area contributed by atoms with Gasteiger partial charge in [0.1, 0.15) is 11.5 Å². The number of carboxylic acids is 4. The Hall–Kier alpha value is -4.48. The maximum Gasteiger partial charge on any atom is 0.309 e. The van der Waals surface area contributed by atoms with E-state index in [0.717, 1.165) is 128 Å². The van der Waals surface area contributed by atoms with Gasteiger partial charge in [-0.1, -0.05) is 50.7 Å². The number of carboxylic acid groups (broad SMARTS) is 4. The van der Waals surface area contributed by atoms with Gasteiger partial charge in [-0.05, 0) is 163 Å². The van der Waals surface area contributed by atoms with Gasteiger partial charge in [0, 0.05) is 0 Å². The summed E-state index contributed by atoms with van der Waals surface area (Å²) in [5, 5.41) is 78.0. The first-order valence-corrected chi connectivity index (χ1v) is 21.6. The minimum Gasteiger partial charge on any atom is -0.508 e. The van der Waals surface area contributed by atoms with Gasteiger partial charge >= 0.3 is 23.9 Å². The van der Waals surface area contributed by atoms with E-state index >= 15 is 0 Å². The van der Waals surface area contributed by atoms with E-state index in [9.17, 15) is 60.0 Å².